The highest BCUT2D eigenvalue weighted by Crippen LogP contribution is 2.21. The number of rotatable bonds is 8. The average Bonchev–Trinajstić information content (AvgIpc) is 2.31. The fourth-order valence-corrected chi connectivity index (χ4v) is 3.89. The van der Waals surface area contributed by atoms with Crippen molar-refractivity contribution in [2.24, 2.45) is 0 Å². The molecule has 1 N–H and O–H groups in total. The van der Waals surface area contributed by atoms with E-state index in [2.05, 4.69) is 4.72 Å². The number of alkyl halides is 1. The molecule has 0 aromatic heterocycles. The van der Waals surface area contributed by atoms with E-state index in [9.17, 15) is 12.8 Å². The van der Waals surface area contributed by atoms with Gasteiger partial charge in [0.15, 0.2) is 0 Å². The van der Waals surface area contributed by atoms with Gasteiger partial charge in [-0.25, -0.2) is 17.5 Å². The summed E-state index contributed by atoms with van der Waals surface area (Å²) < 4.78 is 40.2. The van der Waals surface area contributed by atoms with Crippen LogP contribution < -0.4 is 4.72 Å². The molecule has 20 heavy (non-hydrogen) atoms. The van der Waals surface area contributed by atoms with Crippen LogP contribution in [0, 0.1) is 19.7 Å². The highest BCUT2D eigenvalue weighted by atomic mass is 35.5. The second kappa shape index (κ2) is 7.96. The fourth-order valence-electron chi connectivity index (χ4n) is 2.17. The molecule has 1 aromatic rings. The molecule has 0 unspecified atom stereocenters. The summed E-state index contributed by atoms with van der Waals surface area (Å²) in [5, 5.41) is 0. The molecule has 0 aliphatic heterocycles. The second-order valence-corrected chi connectivity index (χ2v) is 6.95. The lowest BCUT2D eigenvalue weighted by Crippen LogP contribution is -2.26. The molecule has 0 fully saturated rings. The molecule has 0 heterocycles. The zero-order valence-electron chi connectivity index (χ0n) is 11.9. The summed E-state index contributed by atoms with van der Waals surface area (Å²) in [6, 6.07) is 2.48. The smallest absolute Gasteiger partial charge is 0.211 e. The molecule has 6 heteroatoms. The molecule has 0 radical (unpaired) electrons. The standard InChI is InChI=1S/C14H21ClFNO2S/c1-11-9-13(16)10-12(2)14(11)20(18,19)17-8-6-4-3-5-7-15/h9-10,17H,3-8H2,1-2H3. The molecule has 0 bridgehead atoms. The van der Waals surface area contributed by atoms with Crippen LogP contribution in [0.4, 0.5) is 4.39 Å². The van der Waals surface area contributed by atoms with Gasteiger partial charge in [-0.2, -0.15) is 0 Å². The minimum Gasteiger partial charge on any atom is -0.211 e. The van der Waals surface area contributed by atoms with E-state index in [1.807, 2.05) is 0 Å². The van der Waals surface area contributed by atoms with Gasteiger partial charge < -0.3 is 0 Å². The van der Waals surface area contributed by atoms with Gasteiger partial charge in [-0.3, -0.25) is 0 Å². The minimum atomic E-state index is -3.57. The van der Waals surface area contributed by atoms with Crippen LogP contribution in [0.15, 0.2) is 17.0 Å². The zero-order valence-corrected chi connectivity index (χ0v) is 13.5. The number of halogens is 2. The van der Waals surface area contributed by atoms with E-state index >= 15 is 0 Å². The van der Waals surface area contributed by atoms with Gasteiger partial charge in [0.1, 0.15) is 5.82 Å². The fraction of sp³-hybridized carbons (Fsp3) is 0.571. The van der Waals surface area contributed by atoms with Crippen LogP contribution in [0.25, 0.3) is 0 Å². The average molecular weight is 322 g/mol. The van der Waals surface area contributed by atoms with Crippen molar-refractivity contribution >= 4 is 21.6 Å². The molecule has 1 rings (SSSR count). The summed E-state index contributed by atoms with van der Waals surface area (Å²) in [5.74, 6) is 0.222. The number of unbranched alkanes of at least 4 members (excludes halogenated alkanes) is 3. The Morgan fingerprint density at radius 1 is 1.10 bits per heavy atom. The number of hydrogen-bond donors (Lipinski definition) is 1. The van der Waals surface area contributed by atoms with Crippen LogP contribution in [0.3, 0.4) is 0 Å². The SMILES string of the molecule is Cc1cc(F)cc(C)c1S(=O)(=O)NCCCCCCCl. The summed E-state index contributed by atoms with van der Waals surface area (Å²) in [6.45, 7) is 3.59. The lowest BCUT2D eigenvalue weighted by molar-refractivity contribution is 0.571. The number of hydrogen-bond acceptors (Lipinski definition) is 2. The van der Waals surface area contributed by atoms with Gasteiger partial charge >= 0.3 is 0 Å². The van der Waals surface area contributed by atoms with E-state index in [-0.39, 0.29) is 4.90 Å². The summed E-state index contributed by atoms with van der Waals surface area (Å²) >= 11 is 5.57. The molecule has 3 nitrogen and oxygen atoms in total. The Labute approximate surface area is 125 Å². The van der Waals surface area contributed by atoms with Crippen LogP contribution in [0.2, 0.25) is 0 Å². The molecule has 0 spiro atoms. The van der Waals surface area contributed by atoms with Crippen molar-refractivity contribution in [3.05, 3.63) is 29.1 Å². The number of aryl methyl sites for hydroxylation is 2. The van der Waals surface area contributed by atoms with E-state index in [4.69, 9.17) is 11.6 Å². The van der Waals surface area contributed by atoms with E-state index in [1.165, 1.54) is 12.1 Å². The topological polar surface area (TPSA) is 46.2 Å². The van der Waals surface area contributed by atoms with Crippen molar-refractivity contribution in [1.29, 1.82) is 0 Å². The Bertz CT molecular complexity index is 523. The molecule has 114 valence electrons. The minimum absolute atomic E-state index is 0.180. The number of benzene rings is 1. The van der Waals surface area contributed by atoms with E-state index < -0.39 is 15.8 Å². The quantitative estimate of drug-likeness (QED) is 0.588. The van der Waals surface area contributed by atoms with Crippen LogP contribution in [0.5, 0.6) is 0 Å². The highest BCUT2D eigenvalue weighted by Gasteiger charge is 2.19. The first-order valence-electron chi connectivity index (χ1n) is 6.71. The lowest BCUT2D eigenvalue weighted by atomic mass is 10.1. The van der Waals surface area contributed by atoms with Crippen LogP contribution in [0.1, 0.15) is 36.8 Å². The van der Waals surface area contributed by atoms with Gasteiger partial charge in [-0.1, -0.05) is 12.8 Å². The highest BCUT2D eigenvalue weighted by molar-refractivity contribution is 7.89. The van der Waals surface area contributed by atoms with Gasteiger partial charge in [0.05, 0.1) is 4.90 Å². The molecule has 0 aliphatic carbocycles. The van der Waals surface area contributed by atoms with Crippen molar-refractivity contribution in [2.45, 2.75) is 44.4 Å². The number of nitrogens with one attached hydrogen (secondary N) is 1. The maximum absolute atomic E-state index is 13.2. The molecule has 0 saturated carbocycles. The maximum Gasteiger partial charge on any atom is 0.241 e. The Hall–Kier alpha value is -0.650. The predicted octanol–water partition coefficient (Wildman–Crippen LogP) is 3.52. The second-order valence-electron chi connectivity index (χ2n) is 4.87. The van der Waals surface area contributed by atoms with Crippen molar-refractivity contribution in [3.63, 3.8) is 0 Å². The van der Waals surface area contributed by atoms with Gasteiger partial charge in [-0.05, 0) is 49.9 Å². The normalized spacial score (nSPS) is 11.8. The van der Waals surface area contributed by atoms with Gasteiger partial charge in [0.2, 0.25) is 10.0 Å². The largest absolute Gasteiger partial charge is 0.241 e. The van der Waals surface area contributed by atoms with Gasteiger partial charge in [0.25, 0.3) is 0 Å². The third kappa shape index (κ3) is 5.04. The summed E-state index contributed by atoms with van der Waals surface area (Å²) in [5.41, 5.74) is 0.856. The summed E-state index contributed by atoms with van der Waals surface area (Å²) in [7, 11) is -3.57. The summed E-state index contributed by atoms with van der Waals surface area (Å²) in [4.78, 5) is 0.180. The van der Waals surface area contributed by atoms with Crippen LogP contribution in [-0.2, 0) is 10.0 Å². The number of sulfonamides is 1. The Morgan fingerprint density at radius 2 is 1.65 bits per heavy atom. The Balaban J connectivity index is 2.66. The van der Waals surface area contributed by atoms with Crippen molar-refractivity contribution in [3.8, 4) is 0 Å². The van der Waals surface area contributed by atoms with Crippen molar-refractivity contribution in [2.75, 3.05) is 12.4 Å². The van der Waals surface area contributed by atoms with Gasteiger partial charge in [-0.15, -0.1) is 11.6 Å². The maximum atomic E-state index is 13.2. The summed E-state index contributed by atoms with van der Waals surface area (Å²) in [6.07, 6.45) is 3.66. The van der Waals surface area contributed by atoms with E-state index in [0.29, 0.717) is 23.6 Å². The lowest BCUT2D eigenvalue weighted by Gasteiger charge is -2.12. The molecule has 1 aromatic carbocycles. The Morgan fingerprint density at radius 3 is 2.20 bits per heavy atom. The van der Waals surface area contributed by atoms with E-state index in [0.717, 1.165) is 25.7 Å². The first kappa shape index (κ1) is 17.4. The molecule has 0 saturated heterocycles. The van der Waals surface area contributed by atoms with E-state index in [1.54, 1.807) is 13.8 Å². The molecular formula is C14H21ClFNO2S. The third-order valence-electron chi connectivity index (χ3n) is 3.05. The third-order valence-corrected chi connectivity index (χ3v) is 5.08. The van der Waals surface area contributed by atoms with Crippen LogP contribution in [-0.4, -0.2) is 20.8 Å². The Kier molecular flexibility index (Phi) is 6.92. The van der Waals surface area contributed by atoms with Crippen molar-refractivity contribution < 1.29 is 12.8 Å². The monoisotopic (exact) mass is 321 g/mol. The van der Waals surface area contributed by atoms with Crippen LogP contribution >= 0.6 is 11.6 Å². The first-order chi connectivity index (χ1) is 9.38. The first-order valence-corrected chi connectivity index (χ1v) is 8.72. The zero-order chi connectivity index (χ0) is 15.2. The molecule has 0 atom stereocenters. The molecule has 0 amide bonds. The molecular weight excluding hydrogens is 301 g/mol. The van der Waals surface area contributed by atoms with Gasteiger partial charge in [0, 0.05) is 12.4 Å². The van der Waals surface area contributed by atoms with Crippen molar-refractivity contribution in [1.82, 2.24) is 4.72 Å². The predicted molar refractivity (Wildman–Crippen MR) is 80.3 cm³/mol. The molecule has 0 aliphatic rings.